The quantitative estimate of drug-likeness (QED) is 0.641. The minimum Gasteiger partial charge on any atom is -0.497 e. The molecule has 0 aliphatic heterocycles. The number of hydrogen-bond acceptors (Lipinski definition) is 5. The van der Waals surface area contributed by atoms with Crippen molar-refractivity contribution in [3.63, 3.8) is 0 Å². The molecule has 2 unspecified atom stereocenters. The summed E-state index contributed by atoms with van der Waals surface area (Å²) in [6.07, 6.45) is -0.895. The predicted octanol–water partition coefficient (Wildman–Crippen LogP) is 3.00. The highest BCUT2D eigenvalue weighted by molar-refractivity contribution is 7.89. The summed E-state index contributed by atoms with van der Waals surface area (Å²) in [5, 5.41) is 11.3. The van der Waals surface area contributed by atoms with E-state index in [9.17, 15) is 13.5 Å². The molecule has 3 aromatic rings. The van der Waals surface area contributed by atoms with Crippen molar-refractivity contribution in [3.8, 4) is 11.5 Å². The van der Waals surface area contributed by atoms with Gasteiger partial charge in [0.1, 0.15) is 16.4 Å². The van der Waals surface area contributed by atoms with E-state index in [1.807, 2.05) is 48.5 Å². The van der Waals surface area contributed by atoms with Crippen LogP contribution in [0.15, 0.2) is 71.6 Å². The summed E-state index contributed by atoms with van der Waals surface area (Å²) >= 11 is 0. The van der Waals surface area contributed by atoms with E-state index in [1.165, 1.54) is 26.4 Å². The van der Waals surface area contributed by atoms with Crippen LogP contribution in [0.25, 0.3) is 0 Å². The first-order valence-electron chi connectivity index (χ1n) is 10.1. The number of methoxy groups -OCH3 is 2. The van der Waals surface area contributed by atoms with Crippen molar-refractivity contribution in [2.75, 3.05) is 14.2 Å². The van der Waals surface area contributed by atoms with Crippen molar-refractivity contribution in [1.82, 2.24) is 4.72 Å². The first-order valence-corrected chi connectivity index (χ1v) is 11.5. The molecule has 0 spiro atoms. The zero-order valence-corrected chi connectivity index (χ0v) is 18.0. The number of sulfonamides is 1. The van der Waals surface area contributed by atoms with E-state index in [4.69, 9.17) is 9.47 Å². The highest BCUT2D eigenvalue weighted by Crippen LogP contribution is 2.53. The molecule has 6 nitrogen and oxygen atoms in total. The molecule has 0 heterocycles. The average molecular weight is 438 g/mol. The van der Waals surface area contributed by atoms with Gasteiger partial charge in [0, 0.05) is 17.9 Å². The highest BCUT2D eigenvalue weighted by atomic mass is 32.2. The molecule has 3 aromatic carbocycles. The lowest BCUT2D eigenvalue weighted by molar-refractivity contribution is 0.0945. The number of aliphatic hydroxyl groups is 1. The van der Waals surface area contributed by atoms with E-state index in [0.717, 1.165) is 22.3 Å². The summed E-state index contributed by atoms with van der Waals surface area (Å²) in [5.74, 6) is 0.104. The maximum absolute atomic E-state index is 13.4. The van der Waals surface area contributed by atoms with Crippen LogP contribution >= 0.6 is 0 Å². The maximum Gasteiger partial charge on any atom is 0.244 e. The van der Waals surface area contributed by atoms with E-state index in [2.05, 4.69) is 4.72 Å². The lowest BCUT2D eigenvalue weighted by atomic mass is 9.60. The second-order valence-electron chi connectivity index (χ2n) is 7.87. The van der Waals surface area contributed by atoms with Crippen molar-refractivity contribution < 1.29 is 23.0 Å². The summed E-state index contributed by atoms with van der Waals surface area (Å²) in [6.45, 7) is 0. The smallest absolute Gasteiger partial charge is 0.244 e. The Balaban J connectivity index is 1.60. The number of hydrogen-bond donors (Lipinski definition) is 2. The fourth-order valence-corrected chi connectivity index (χ4v) is 6.44. The Hall–Kier alpha value is -2.87. The van der Waals surface area contributed by atoms with Gasteiger partial charge in [0.25, 0.3) is 0 Å². The van der Waals surface area contributed by atoms with Gasteiger partial charge in [-0.05, 0) is 34.4 Å². The van der Waals surface area contributed by atoms with Gasteiger partial charge in [-0.15, -0.1) is 0 Å². The molecular weight excluding hydrogens is 414 g/mol. The largest absolute Gasteiger partial charge is 0.497 e. The van der Waals surface area contributed by atoms with Gasteiger partial charge in [0.15, 0.2) is 0 Å². The van der Waals surface area contributed by atoms with E-state index in [0.29, 0.717) is 5.75 Å². The Morgan fingerprint density at radius 2 is 1.35 bits per heavy atom. The summed E-state index contributed by atoms with van der Waals surface area (Å²) in [4.78, 5) is 0.00557. The highest BCUT2D eigenvalue weighted by Gasteiger charge is 2.50. The fraction of sp³-hybridized carbons (Fsp3) is 0.250. The molecule has 0 saturated heterocycles. The summed E-state index contributed by atoms with van der Waals surface area (Å²) in [6, 6.07) is 19.7. The number of benzene rings is 3. The molecule has 6 rings (SSSR count). The van der Waals surface area contributed by atoms with Gasteiger partial charge in [-0.3, -0.25) is 0 Å². The predicted molar refractivity (Wildman–Crippen MR) is 116 cm³/mol. The Bertz CT molecular complexity index is 1210. The third kappa shape index (κ3) is 3.04. The Morgan fingerprint density at radius 3 is 1.87 bits per heavy atom. The first kappa shape index (κ1) is 20.1. The van der Waals surface area contributed by atoms with Gasteiger partial charge < -0.3 is 14.6 Å². The van der Waals surface area contributed by atoms with E-state index >= 15 is 0 Å². The summed E-state index contributed by atoms with van der Waals surface area (Å²) in [5.41, 5.74) is 4.20. The molecule has 31 heavy (non-hydrogen) atoms. The molecule has 2 atom stereocenters. The van der Waals surface area contributed by atoms with Crippen molar-refractivity contribution in [3.05, 3.63) is 89.0 Å². The number of nitrogens with one attached hydrogen (secondary N) is 1. The molecule has 0 radical (unpaired) electrons. The first-order chi connectivity index (χ1) is 15.0. The zero-order chi connectivity index (χ0) is 21.8. The minimum atomic E-state index is -3.98. The Kier molecular flexibility index (Phi) is 4.77. The second-order valence-corrected chi connectivity index (χ2v) is 9.55. The standard InChI is InChI=1S/C24H23NO5S/c1-29-14-11-12-20(19(13-14)30-2)31(27,28)25-23-21-15-7-3-5-9-17(15)22(24(23)26)18-10-6-4-8-16(18)21/h3-13,21-26H,1-2H3. The third-order valence-corrected chi connectivity index (χ3v) is 7.85. The number of aliphatic hydroxyl groups excluding tert-OH is 1. The molecule has 160 valence electrons. The van der Waals surface area contributed by atoms with Gasteiger partial charge >= 0.3 is 0 Å². The topological polar surface area (TPSA) is 84.9 Å². The van der Waals surface area contributed by atoms with Crippen LogP contribution in [0, 0.1) is 0 Å². The molecule has 0 aromatic heterocycles. The number of ether oxygens (including phenoxy) is 2. The van der Waals surface area contributed by atoms with Gasteiger partial charge in [-0.2, -0.15) is 0 Å². The van der Waals surface area contributed by atoms with Gasteiger partial charge in [-0.25, -0.2) is 13.1 Å². The van der Waals surface area contributed by atoms with Crippen LogP contribution in [0.4, 0.5) is 0 Å². The van der Waals surface area contributed by atoms with Crippen LogP contribution in [0.3, 0.4) is 0 Å². The molecule has 2 bridgehead atoms. The van der Waals surface area contributed by atoms with E-state index in [1.54, 1.807) is 6.07 Å². The normalized spacial score (nSPS) is 23.7. The Morgan fingerprint density at radius 1 is 0.806 bits per heavy atom. The molecular formula is C24H23NO5S. The van der Waals surface area contributed by atoms with Crippen molar-refractivity contribution in [2.24, 2.45) is 0 Å². The van der Waals surface area contributed by atoms with Crippen LogP contribution in [-0.4, -0.2) is 39.9 Å². The van der Waals surface area contributed by atoms with E-state index < -0.39 is 22.2 Å². The monoisotopic (exact) mass is 437 g/mol. The minimum absolute atomic E-state index is 0.00557. The summed E-state index contributed by atoms with van der Waals surface area (Å²) < 4.78 is 40.0. The molecule has 3 aliphatic carbocycles. The zero-order valence-electron chi connectivity index (χ0n) is 17.1. The average Bonchev–Trinajstić information content (AvgIpc) is 2.80. The van der Waals surface area contributed by atoms with Crippen molar-refractivity contribution in [1.29, 1.82) is 0 Å². The maximum atomic E-state index is 13.4. The molecule has 0 fully saturated rings. The summed E-state index contributed by atoms with van der Waals surface area (Å²) in [7, 11) is -1.06. The van der Waals surface area contributed by atoms with Crippen molar-refractivity contribution >= 4 is 10.0 Å². The SMILES string of the molecule is COc1ccc(S(=O)(=O)NC2C3c4ccccc4C(c4ccccc43)C2O)c(OC)c1. The van der Waals surface area contributed by atoms with Crippen LogP contribution < -0.4 is 14.2 Å². The third-order valence-electron chi connectivity index (χ3n) is 6.35. The molecule has 0 saturated carbocycles. The number of rotatable bonds is 5. The number of fused-ring (bicyclic) bond motifs is 1. The fourth-order valence-electron chi connectivity index (χ4n) is 5.03. The molecule has 3 aliphatic rings. The van der Waals surface area contributed by atoms with Crippen LogP contribution in [0.5, 0.6) is 11.5 Å². The van der Waals surface area contributed by atoms with Gasteiger partial charge in [-0.1, -0.05) is 48.5 Å². The van der Waals surface area contributed by atoms with Crippen molar-refractivity contribution in [2.45, 2.75) is 28.9 Å². The molecule has 0 amide bonds. The van der Waals surface area contributed by atoms with Gasteiger partial charge in [0.2, 0.25) is 10.0 Å². The molecule has 2 N–H and O–H groups in total. The van der Waals surface area contributed by atoms with E-state index in [-0.39, 0.29) is 22.5 Å². The second kappa shape index (κ2) is 7.37. The molecule has 7 heteroatoms. The Labute approximate surface area is 181 Å². The van der Waals surface area contributed by atoms with Gasteiger partial charge in [0.05, 0.1) is 26.4 Å². The van der Waals surface area contributed by atoms with Crippen LogP contribution in [-0.2, 0) is 10.0 Å². The lowest BCUT2D eigenvalue weighted by Gasteiger charge is -2.48. The van der Waals surface area contributed by atoms with Crippen LogP contribution in [0.1, 0.15) is 34.1 Å². The lowest BCUT2D eigenvalue weighted by Crippen LogP contribution is -2.55. The van der Waals surface area contributed by atoms with Crippen LogP contribution in [0.2, 0.25) is 0 Å².